The second-order valence-electron chi connectivity index (χ2n) is 10.9. The molecule has 1 fully saturated rings. The average Bonchev–Trinajstić information content (AvgIpc) is 3.45. The standard InChI is InChI=1S/C34H35NO3S/c1-21(23-13-15-25(38-3)16-14-23)11-17-26-22(2)12-18-28-27(26)10-7-19-35-29-20-30(34(36)37)39-33(29)31(32(28)35)24-8-5-4-6-9-24/h11-18,20,24H,1,4-10,19H2,2-3H3,(H,36,37)/b17-11-. The van der Waals surface area contributed by atoms with Crippen LogP contribution in [0.1, 0.15) is 81.9 Å². The number of allylic oxidation sites excluding steroid dienone is 2. The summed E-state index contributed by atoms with van der Waals surface area (Å²) in [6.45, 7) is 7.43. The smallest absolute Gasteiger partial charge is 0.345 e. The van der Waals surface area contributed by atoms with Crippen molar-refractivity contribution in [1.29, 1.82) is 0 Å². The van der Waals surface area contributed by atoms with E-state index >= 15 is 0 Å². The number of carboxylic acids is 1. The van der Waals surface area contributed by atoms with Crippen molar-refractivity contribution in [1.82, 2.24) is 4.57 Å². The van der Waals surface area contributed by atoms with Crippen molar-refractivity contribution >= 4 is 39.2 Å². The third kappa shape index (κ3) is 4.63. The van der Waals surface area contributed by atoms with Crippen LogP contribution in [0.2, 0.25) is 0 Å². The Morgan fingerprint density at radius 2 is 1.87 bits per heavy atom. The molecule has 0 saturated heterocycles. The zero-order valence-corrected chi connectivity index (χ0v) is 23.6. The molecular formula is C34H35NO3S. The Morgan fingerprint density at radius 1 is 1.10 bits per heavy atom. The number of rotatable bonds is 6. The predicted octanol–water partition coefficient (Wildman–Crippen LogP) is 9.11. The Labute approximate surface area is 234 Å². The number of fused-ring (bicyclic) bond motifs is 5. The summed E-state index contributed by atoms with van der Waals surface area (Å²) in [6.07, 6.45) is 12.5. The first-order valence-electron chi connectivity index (χ1n) is 14.0. The van der Waals surface area contributed by atoms with E-state index < -0.39 is 5.97 Å². The predicted molar refractivity (Wildman–Crippen MR) is 162 cm³/mol. The molecular weight excluding hydrogens is 502 g/mol. The number of benzene rings is 2. The average molecular weight is 538 g/mol. The summed E-state index contributed by atoms with van der Waals surface area (Å²) in [6, 6.07) is 14.5. The van der Waals surface area contributed by atoms with Crippen LogP contribution in [0, 0.1) is 6.92 Å². The molecule has 4 nitrogen and oxygen atoms in total. The van der Waals surface area contributed by atoms with Crippen molar-refractivity contribution in [2.24, 2.45) is 0 Å². The van der Waals surface area contributed by atoms with Gasteiger partial charge in [-0.3, -0.25) is 0 Å². The molecule has 3 heterocycles. The molecule has 6 rings (SSSR count). The number of methoxy groups -OCH3 is 1. The molecule has 39 heavy (non-hydrogen) atoms. The third-order valence-corrected chi connectivity index (χ3v) is 9.69. The Kier molecular flexibility index (Phi) is 6.94. The number of nitrogens with zero attached hydrogens (tertiary/aromatic N) is 1. The van der Waals surface area contributed by atoms with E-state index in [9.17, 15) is 9.90 Å². The first-order valence-corrected chi connectivity index (χ1v) is 14.8. The van der Waals surface area contributed by atoms with Crippen LogP contribution in [0.15, 0.2) is 55.1 Å². The van der Waals surface area contributed by atoms with Gasteiger partial charge in [0.25, 0.3) is 0 Å². The minimum atomic E-state index is -0.825. The van der Waals surface area contributed by atoms with E-state index in [0.717, 1.165) is 41.8 Å². The Balaban J connectivity index is 1.48. The lowest BCUT2D eigenvalue weighted by Crippen LogP contribution is -2.07. The number of hydrogen-bond acceptors (Lipinski definition) is 3. The Morgan fingerprint density at radius 3 is 2.59 bits per heavy atom. The molecule has 0 radical (unpaired) electrons. The second kappa shape index (κ2) is 10.5. The van der Waals surface area contributed by atoms with Gasteiger partial charge in [-0.1, -0.05) is 62.3 Å². The summed E-state index contributed by atoms with van der Waals surface area (Å²) in [5, 5.41) is 9.78. The fraction of sp³-hybridized carbons (Fsp3) is 0.324. The second-order valence-corrected chi connectivity index (χ2v) is 11.9. The molecule has 1 aliphatic carbocycles. The van der Waals surface area contributed by atoms with Gasteiger partial charge in [0, 0.05) is 12.1 Å². The molecule has 0 bridgehead atoms. The topological polar surface area (TPSA) is 51.5 Å². The van der Waals surface area contributed by atoms with Crippen LogP contribution in [0.3, 0.4) is 0 Å². The van der Waals surface area contributed by atoms with E-state index in [1.165, 1.54) is 81.7 Å². The Bertz CT molecular complexity index is 1600. The molecule has 200 valence electrons. The molecule has 0 unspecified atom stereocenters. The zero-order chi connectivity index (χ0) is 27.1. The summed E-state index contributed by atoms with van der Waals surface area (Å²) < 4.78 is 8.93. The van der Waals surface area contributed by atoms with E-state index in [0.29, 0.717) is 10.8 Å². The maximum atomic E-state index is 11.9. The number of aryl methyl sites for hydroxylation is 2. The number of carbonyl (C=O) groups is 1. The minimum absolute atomic E-state index is 0.446. The summed E-state index contributed by atoms with van der Waals surface area (Å²) in [4.78, 5) is 12.4. The fourth-order valence-electron chi connectivity index (χ4n) is 6.55. The number of aromatic nitrogens is 1. The van der Waals surface area contributed by atoms with Gasteiger partial charge in [0.05, 0.1) is 23.0 Å². The maximum Gasteiger partial charge on any atom is 0.345 e. The van der Waals surface area contributed by atoms with Crippen molar-refractivity contribution in [2.45, 2.75) is 64.3 Å². The number of ether oxygens (including phenoxy) is 1. The van der Waals surface area contributed by atoms with Crippen LogP contribution in [-0.2, 0) is 13.0 Å². The number of carboxylic acid groups (broad SMARTS) is 1. The Hall–Kier alpha value is -3.57. The van der Waals surface area contributed by atoms with Gasteiger partial charge in [0.2, 0.25) is 0 Å². The summed E-state index contributed by atoms with van der Waals surface area (Å²) in [7, 11) is 1.68. The van der Waals surface area contributed by atoms with Crippen molar-refractivity contribution in [2.75, 3.05) is 7.11 Å². The van der Waals surface area contributed by atoms with E-state index in [2.05, 4.69) is 42.4 Å². The highest BCUT2D eigenvalue weighted by Gasteiger charge is 2.31. The van der Waals surface area contributed by atoms with Crippen LogP contribution in [-0.4, -0.2) is 22.8 Å². The fourth-order valence-corrected chi connectivity index (χ4v) is 7.68. The van der Waals surface area contributed by atoms with Crippen LogP contribution < -0.4 is 4.74 Å². The van der Waals surface area contributed by atoms with Crippen molar-refractivity contribution < 1.29 is 14.6 Å². The van der Waals surface area contributed by atoms with Gasteiger partial charge in [-0.25, -0.2) is 4.79 Å². The lowest BCUT2D eigenvalue weighted by molar-refractivity contribution is 0.0702. The molecule has 1 aliphatic heterocycles. The lowest BCUT2D eigenvalue weighted by Gasteiger charge is -2.24. The molecule has 0 atom stereocenters. The molecule has 0 amide bonds. The van der Waals surface area contributed by atoms with E-state index in [4.69, 9.17) is 4.74 Å². The van der Waals surface area contributed by atoms with Gasteiger partial charge in [0.15, 0.2) is 0 Å². The first kappa shape index (κ1) is 25.7. The van der Waals surface area contributed by atoms with Crippen molar-refractivity contribution in [3.05, 3.63) is 87.8 Å². The zero-order valence-electron chi connectivity index (χ0n) is 22.8. The van der Waals surface area contributed by atoms with Gasteiger partial charge in [-0.2, -0.15) is 0 Å². The maximum absolute atomic E-state index is 11.9. The molecule has 0 spiro atoms. The summed E-state index contributed by atoms with van der Waals surface area (Å²) in [5.41, 5.74) is 11.1. The van der Waals surface area contributed by atoms with Crippen LogP contribution in [0.5, 0.6) is 5.75 Å². The van der Waals surface area contributed by atoms with E-state index in [1.54, 1.807) is 7.11 Å². The van der Waals surface area contributed by atoms with Gasteiger partial charge >= 0.3 is 5.97 Å². The van der Waals surface area contributed by atoms with Gasteiger partial charge in [-0.05, 0) is 90.1 Å². The van der Waals surface area contributed by atoms with Crippen LogP contribution in [0.4, 0.5) is 0 Å². The highest BCUT2D eigenvalue weighted by Crippen LogP contribution is 2.49. The highest BCUT2D eigenvalue weighted by atomic mass is 32.1. The summed E-state index contributed by atoms with van der Waals surface area (Å²) >= 11 is 1.47. The van der Waals surface area contributed by atoms with E-state index in [1.807, 2.05) is 30.3 Å². The highest BCUT2D eigenvalue weighted by molar-refractivity contribution is 7.21. The van der Waals surface area contributed by atoms with Crippen LogP contribution in [0.25, 0.3) is 33.1 Å². The van der Waals surface area contributed by atoms with Crippen LogP contribution >= 0.6 is 11.3 Å². The van der Waals surface area contributed by atoms with Gasteiger partial charge in [0.1, 0.15) is 10.6 Å². The lowest BCUT2D eigenvalue weighted by atomic mass is 9.82. The molecule has 1 saturated carbocycles. The third-order valence-electron chi connectivity index (χ3n) is 8.55. The number of aromatic carboxylic acids is 1. The molecule has 5 heteroatoms. The molecule has 2 aliphatic rings. The minimum Gasteiger partial charge on any atom is -0.497 e. The van der Waals surface area contributed by atoms with Crippen molar-refractivity contribution in [3.8, 4) is 17.0 Å². The van der Waals surface area contributed by atoms with Gasteiger partial charge in [-0.15, -0.1) is 11.3 Å². The SMILES string of the molecule is C=C(/C=C\c1c(C)ccc2c1CCCn1c-2c(C2CCCCC2)c2sc(C(=O)O)cc21)c1ccc(OC)cc1. The quantitative estimate of drug-likeness (QED) is 0.250. The number of thiophene rings is 1. The van der Waals surface area contributed by atoms with Crippen molar-refractivity contribution in [3.63, 3.8) is 0 Å². The molecule has 2 aromatic carbocycles. The molecule has 2 aromatic heterocycles. The largest absolute Gasteiger partial charge is 0.497 e. The first-order chi connectivity index (χ1) is 19.0. The normalized spacial score (nSPS) is 15.7. The summed E-state index contributed by atoms with van der Waals surface area (Å²) in [5.74, 6) is 0.500. The number of hydrogen-bond donors (Lipinski definition) is 1. The van der Waals surface area contributed by atoms with Gasteiger partial charge < -0.3 is 14.4 Å². The van der Waals surface area contributed by atoms with E-state index in [-0.39, 0.29) is 0 Å². The molecule has 4 aromatic rings. The monoisotopic (exact) mass is 537 g/mol. The molecule has 1 N–H and O–H groups in total.